The summed E-state index contributed by atoms with van der Waals surface area (Å²) < 4.78 is 45.6. The third-order valence-electron chi connectivity index (χ3n) is 4.90. The van der Waals surface area contributed by atoms with Crippen LogP contribution in [0.2, 0.25) is 0 Å². The molecule has 0 spiro atoms. The van der Waals surface area contributed by atoms with E-state index >= 15 is 0 Å². The quantitative estimate of drug-likeness (QED) is 0.719. The third kappa shape index (κ3) is 6.03. The fraction of sp³-hybridized carbons (Fsp3) is 0.409. The number of ether oxygens (including phenoxy) is 1. The topological polar surface area (TPSA) is 75.7 Å². The lowest BCUT2D eigenvalue weighted by Crippen LogP contribution is -2.44. The van der Waals surface area contributed by atoms with Crippen molar-refractivity contribution < 1.29 is 22.3 Å². The summed E-state index contributed by atoms with van der Waals surface area (Å²) in [7, 11) is -3.59. The minimum Gasteiger partial charge on any atom is -0.491 e. The fourth-order valence-corrected chi connectivity index (χ4v) is 5.04. The lowest BCUT2D eigenvalue weighted by atomic mass is 9.99. The maximum atomic E-state index is 13.1. The molecule has 1 aliphatic rings. The number of rotatable bonds is 7. The standard InChI is InChI=1S/C22H27FN2O4S/c1-16(2)29-21-11-9-20(10-12-21)24-22(26)18-4-3-13-25(14-18)30(27,28)15-17-5-7-19(23)8-6-17/h5-12,16,18H,3-4,13-15H2,1-2H3,(H,24,26). The predicted octanol–water partition coefficient (Wildman–Crippen LogP) is 3.79. The average molecular weight is 435 g/mol. The summed E-state index contributed by atoms with van der Waals surface area (Å²) in [5.74, 6) is -0.519. The summed E-state index contributed by atoms with van der Waals surface area (Å²) in [5, 5.41) is 2.86. The van der Waals surface area contributed by atoms with E-state index in [1.54, 1.807) is 24.3 Å². The van der Waals surface area contributed by atoms with Gasteiger partial charge in [-0.05, 0) is 68.7 Å². The smallest absolute Gasteiger partial charge is 0.228 e. The van der Waals surface area contributed by atoms with Crippen LogP contribution in [0.5, 0.6) is 5.75 Å². The zero-order chi connectivity index (χ0) is 21.7. The van der Waals surface area contributed by atoms with Gasteiger partial charge < -0.3 is 10.1 Å². The Morgan fingerprint density at radius 3 is 2.47 bits per heavy atom. The Morgan fingerprint density at radius 2 is 1.83 bits per heavy atom. The van der Waals surface area contributed by atoms with E-state index in [1.807, 2.05) is 13.8 Å². The van der Waals surface area contributed by atoms with Crippen LogP contribution in [-0.4, -0.2) is 37.8 Å². The summed E-state index contributed by atoms with van der Waals surface area (Å²) >= 11 is 0. The molecular weight excluding hydrogens is 407 g/mol. The molecule has 6 nitrogen and oxygen atoms in total. The molecule has 1 unspecified atom stereocenters. The highest BCUT2D eigenvalue weighted by molar-refractivity contribution is 7.88. The molecule has 0 aromatic heterocycles. The molecule has 1 aliphatic heterocycles. The fourth-order valence-electron chi connectivity index (χ4n) is 3.42. The number of carbonyl (C=O) groups is 1. The van der Waals surface area contributed by atoms with E-state index < -0.39 is 21.8 Å². The number of amides is 1. The monoisotopic (exact) mass is 434 g/mol. The van der Waals surface area contributed by atoms with Gasteiger partial charge in [-0.25, -0.2) is 17.1 Å². The van der Waals surface area contributed by atoms with Crippen LogP contribution >= 0.6 is 0 Å². The van der Waals surface area contributed by atoms with Gasteiger partial charge in [-0.15, -0.1) is 0 Å². The molecule has 0 aliphatic carbocycles. The lowest BCUT2D eigenvalue weighted by Gasteiger charge is -2.31. The van der Waals surface area contributed by atoms with Crippen LogP contribution in [0, 0.1) is 11.7 Å². The zero-order valence-electron chi connectivity index (χ0n) is 17.2. The molecule has 1 atom stereocenters. The van der Waals surface area contributed by atoms with Gasteiger partial charge in [0.2, 0.25) is 15.9 Å². The Labute approximate surface area is 177 Å². The van der Waals surface area contributed by atoms with Gasteiger partial charge >= 0.3 is 0 Å². The Bertz CT molecular complexity index is 960. The van der Waals surface area contributed by atoms with Crippen molar-refractivity contribution in [1.29, 1.82) is 0 Å². The Kier molecular flexibility index (Phi) is 7.10. The zero-order valence-corrected chi connectivity index (χ0v) is 18.0. The number of piperidine rings is 1. The SMILES string of the molecule is CC(C)Oc1ccc(NC(=O)C2CCCN(S(=O)(=O)Cc3ccc(F)cc3)C2)cc1. The molecule has 1 amide bonds. The molecule has 0 saturated carbocycles. The molecule has 0 bridgehead atoms. The molecule has 0 radical (unpaired) electrons. The number of benzene rings is 2. The molecule has 1 heterocycles. The van der Waals surface area contributed by atoms with Crippen LogP contribution in [-0.2, 0) is 20.6 Å². The molecule has 162 valence electrons. The van der Waals surface area contributed by atoms with E-state index in [-0.39, 0.29) is 24.3 Å². The third-order valence-corrected chi connectivity index (χ3v) is 6.72. The van der Waals surface area contributed by atoms with Crippen molar-refractivity contribution in [3.63, 3.8) is 0 Å². The maximum Gasteiger partial charge on any atom is 0.228 e. The highest BCUT2D eigenvalue weighted by Crippen LogP contribution is 2.24. The second-order valence-electron chi connectivity index (χ2n) is 7.76. The lowest BCUT2D eigenvalue weighted by molar-refractivity contribution is -0.120. The van der Waals surface area contributed by atoms with Crippen LogP contribution in [0.4, 0.5) is 10.1 Å². The highest BCUT2D eigenvalue weighted by atomic mass is 32.2. The normalized spacial score (nSPS) is 17.7. The van der Waals surface area contributed by atoms with Crippen molar-refractivity contribution in [3.05, 3.63) is 59.9 Å². The van der Waals surface area contributed by atoms with Gasteiger partial charge in [0.1, 0.15) is 11.6 Å². The van der Waals surface area contributed by atoms with Crippen LogP contribution in [0.1, 0.15) is 32.3 Å². The number of hydrogen-bond acceptors (Lipinski definition) is 4. The number of nitrogens with zero attached hydrogens (tertiary/aromatic N) is 1. The molecule has 30 heavy (non-hydrogen) atoms. The van der Waals surface area contributed by atoms with Gasteiger partial charge in [0.25, 0.3) is 0 Å². The molecule has 1 saturated heterocycles. The molecular formula is C22H27FN2O4S. The van der Waals surface area contributed by atoms with Crippen molar-refractivity contribution in [2.45, 2.75) is 38.5 Å². The van der Waals surface area contributed by atoms with Crippen molar-refractivity contribution >= 4 is 21.6 Å². The van der Waals surface area contributed by atoms with Crippen molar-refractivity contribution in [2.24, 2.45) is 5.92 Å². The minimum atomic E-state index is -3.59. The van der Waals surface area contributed by atoms with Crippen LogP contribution in [0.25, 0.3) is 0 Å². The predicted molar refractivity (Wildman–Crippen MR) is 114 cm³/mol. The molecule has 1 N–H and O–H groups in total. The van der Waals surface area contributed by atoms with Gasteiger partial charge in [0.15, 0.2) is 0 Å². The molecule has 2 aromatic carbocycles. The minimum absolute atomic E-state index is 0.0653. The molecule has 8 heteroatoms. The molecule has 3 rings (SSSR count). The molecule has 2 aromatic rings. The van der Waals surface area contributed by atoms with E-state index in [0.717, 1.165) is 5.75 Å². The summed E-state index contributed by atoms with van der Waals surface area (Å²) in [6, 6.07) is 12.5. The van der Waals surface area contributed by atoms with Gasteiger partial charge in [-0.2, -0.15) is 0 Å². The maximum absolute atomic E-state index is 13.1. The first-order valence-corrected chi connectivity index (χ1v) is 11.6. The number of carbonyl (C=O) groups excluding carboxylic acids is 1. The Morgan fingerprint density at radius 1 is 1.17 bits per heavy atom. The van der Waals surface area contributed by atoms with Gasteiger partial charge in [0, 0.05) is 18.8 Å². The number of anilines is 1. The first-order valence-electron chi connectivity index (χ1n) is 10.0. The van der Waals surface area contributed by atoms with E-state index in [2.05, 4.69) is 5.32 Å². The van der Waals surface area contributed by atoms with Crippen LogP contribution < -0.4 is 10.1 Å². The number of nitrogens with one attached hydrogen (secondary N) is 1. The van der Waals surface area contributed by atoms with E-state index in [9.17, 15) is 17.6 Å². The number of halogens is 1. The van der Waals surface area contributed by atoms with E-state index in [4.69, 9.17) is 4.74 Å². The van der Waals surface area contributed by atoms with Crippen LogP contribution in [0.15, 0.2) is 48.5 Å². The van der Waals surface area contributed by atoms with E-state index in [1.165, 1.54) is 28.6 Å². The van der Waals surface area contributed by atoms with Crippen molar-refractivity contribution in [2.75, 3.05) is 18.4 Å². The first-order chi connectivity index (χ1) is 14.2. The number of hydrogen-bond donors (Lipinski definition) is 1. The summed E-state index contributed by atoms with van der Waals surface area (Å²) in [5.41, 5.74) is 1.16. The van der Waals surface area contributed by atoms with Crippen LogP contribution in [0.3, 0.4) is 0 Å². The van der Waals surface area contributed by atoms with Gasteiger partial charge in [-0.1, -0.05) is 12.1 Å². The second-order valence-corrected chi connectivity index (χ2v) is 9.73. The van der Waals surface area contributed by atoms with Crippen molar-refractivity contribution in [3.8, 4) is 5.75 Å². The van der Waals surface area contributed by atoms with E-state index in [0.29, 0.717) is 30.6 Å². The Hall–Kier alpha value is -2.45. The van der Waals surface area contributed by atoms with Crippen molar-refractivity contribution in [1.82, 2.24) is 4.31 Å². The summed E-state index contributed by atoms with van der Waals surface area (Å²) in [4.78, 5) is 12.7. The first kappa shape index (κ1) is 22.2. The highest BCUT2D eigenvalue weighted by Gasteiger charge is 2.32. The largest absolute Gasteiger partial charge is 0.491 e. The average Bonchev–Trinajstić information content (AvgIpc) is 2.71. The van der Waals surface area contributed by atoms with Gasteiger partial charge in [-0.3, -0.25) is 4.79 Å². The summed E-state index contributed by atoms with van der Waals surface area (Å²) in [6.07, 6.45) is 1.31. The van der Waals surface area contributed by atoms with Gasteiger partial charge in [0.05, 0.1) is 17.8 Å². The Balaban J connectivity index is 1.60. The second kappa shape index (κ2) is 9.57. The number of sulfonamides is 1. The summed E-state index contributed by atoms with van der Waals surface area (Å²) in [6.45, 7) is 4.40. The molecule has 1 fully saturated rings.